The maximum absolute atomic E-state index is 5.33. The molecule has 2 aliphatic carbocycles. The van der Waals surface area contributed by atoms with Gasteiger partial charge in [-0.3, -0.25) is 4.57 Å². The van der Waals surface area contributed by atoms with E-state index in [0.717, 1.165) is 47.9 Å². The van der Waals surface area contributed by atoms with Gasteiger partial charge in [0.15, 0.2) is 11.6 Å². The van der Waals surface area contributed by atoms with Crippen molar-refractivity contribution in [2.24, 2.45) is 0 Å². The Bertz CT molecular complexity index is 3720. The zero-order valence-electron chi connectivity index (χ0n) is 34.0. The van der Waals surface area contributed by atoms with Crippen LogP contribution in [0.25, 0.3) is 117 Å². The maximum Gasteiger partial charge on any atom is 0.238 e. The molecule has 0 bridgehead atoms. The van der Waals surface area contributed by atoms with Crippen LogP contribution in [-0.4, -0.2) is 24.1 Å². The molecule has 0 atom stereocenters. The first kappa shape index (κ1) is 34.9. The minimum Gasteiger partial charge on any atom is -0.313 e. The van der Waals surface area contributed by atoms with Crippen LogP contribution in [0.3, 0.4) is 0 Å². The van der Waals surface area contributed by atoms with E-state index in [4.69, 9.17) is 15.0 Å². The van der Waals surface area contributed by atoms with E-state index in [1.165, 1.54) is 82.0 Å². The molecule has 0 unspecified atom stereocenters. The van der Waals surface area contributed by atoms with Crippen LogP contribution in [0, 0.1) is 0 Å². The Labute approximate surface area is 358 Å². The molecule has 0 aliphatic heterocycles. The molecule has 0 saturated carbocycles. The summed E-state index contributed by atoms with van der Waals surface area (Å²) in [5.74, 6) is 1.93. The predicted molar refractivity (Wildman–Crippen MR) is 258 cm³/mol. The molecule has 0 saturated heterocycles. The Hall–Kier alpha value is -7.89. The summed E-state index contributed by atoms with van der Waals surface area (Å²) in [5.41, 5.74) is 11.7. The van der Waals surface area contributed by atoms with Crippen molar-refractivity contribution < 1.29 is 0 Å². The van der Waals surface area contributed by atoms with E-state index in [2.05, 4.69) is 173 Å². The van der Waals surface area contributed by atoms with E-state index < -0.39 is 0 Å². The standard InChI is InChI=1S/C57H39N5/c1-4-16-36(17-5-1)37-28-30-39(31-29-37)56-58-55(38-18-6-2-7-19-38)59-57(60-56)62-50-27-15-13-25-45(50)54-51(62)33-32-44-46-34-48-42-23-12-14-26-49(42)61(40-20-8-3-9-21-40)52(48)35-47(46)41-22-10-11-24-43(41)53(44)54/h1-8,10-14,16-20,22-26,28-35H,9,15,21,27H2. The number of rotatable bonds is 5. The van der Waals surface area contributed by atoms with E-state index in [9.17, 15) is 0 Å². The molecule has 11 aromatic rings. The topological polar surface area (TPSA) is 48.5 Å². The first-order chi connectivity index (χ1) is 30.8. The largest absolute Gasteiger partial charge is 0.313 e. The third kappa shape index (κ3) is 5.31. The lowest BCUT2D eigenvalue weighted by Crippen LogP contribution is -2.10. The van der Waals surface area contributed by atoms with Gasteiger partial charge in [0, 0.05) is 49.6 Å². The van der Waals surface area contributed by atoms with Crippen molar-refractivity contribution in [2.45, 2.75) is 25.7 Å². The number of benzene rings is 8. The molecule has 0 fully saturated rings. The summed E-state index contributed by atoms with van der Waals surface area (Å²) in [5, 5.41) is 11.4. The van der Waals surface area contributed by atoms with Crippen LogP contribution in [0.2, 0.25) is 0 Å². The second kappa shape index (κ2) is 13.8. The average Bonchev–Trinajstić information content (AvgIpc) is 3.87. The fraction of sp³-hybridized carbons (Fsp3) is 0.0702. The minimum atomic E-state index is 0.633. The van der Waals surface area contributed by atoms with Gasteiger partial charge in [-0.15, -0.1) is 0 Å². The van der Waals surface area contributed by atoms with Crippen LogP contribution in [-0.2, 0) is 6.42 Å². The van der Waals surface area contributed by atoms with Crippen LogP contribution in [0.15, 0.2) is 182 Å². The molecule has 0 radical (unpaired) electrons. The number of nitrogens with zero attached hydrogens (tertiary/aromatic N) is 5. The van der Waals surface area contributed by atoms with Crippen molar-refractivity contribution in [3.63, 3.8) is 0 Å². The SMILES string of the molecule is C1=CCCC(n2c3ccccc3c3cc4c(cc32)c2ccccc2c2c4ccc3c2c2c(n3-c3nc(-c4ccccc4)nc(-c4ccc(-c5ccccc5)cc4)n3)CCC=C2)=C1. The van der Waals surface area contributed by atoms with Gasteiger partial charge in [-0.05, 0) is 94.1 Å². The molecule has 13 rings (SSSR count). The molecule has 0 amide bonds. The summed E-state index contributed by atoms with van der Waals surface area (Å²) < 4.78 is 4.83. The van der Waals surface area contributed by atoms with Gasteiger partial charge in [-0.25, -0.2) is 4.98 Å². The molecule has 3 heterocycles. The molecule has 8 aromatic carbocycles. The van der Waals surface area contributed by atoms with Gasteiger partial charge < -0.3 is 4.57 Å². The van der Waals surface area contributed by atoms with E-state index in [1.54, 1.807) is 0 Å². The zero-order chi connectivity index (χ0) is 40.7. The van der Waals surface area contributed by atoms with E-state index >= 15 is 0 Å². The predicted octanol–water partition coefficient (Wildman–Crippen LogP) is 14.5. The van der Waals surface area contributed by atoms with Crippen LogP contribution in [0.4, 0.5) is 0 Å². The number of fused-ring (bicyclic) bond motifs is 13. The van der Waals surface area contributed by atoms with Crippen molar-refractivity contribution >= 4 is 76.8 Å². The Balaban J connectivity index is 1.09. The lowest BCUT2D eigenvalue weighted by Gasteiger charge is -2.16. The van der Waals surface area contributed by atoms with E-state index in [1.807, 2.05) is 24.3 Å². The second-order valence-corrected chi connectivity index (χ2v) is 16.5. The van der Waals surface area contributed by atoms with Crippen LogP contribution < -0.4 is 0 Å². The summed E-state index contributed by atoms with van der Waals surface area (Å²) >= 11 is 0. The summed E-state index contributed by atoms with van der Waals surface area (Å²) in [6, 6.07) is 56.8. The number of aromatic nitrogens is 5. The molecule has 0 spiro atoms. The Morgan fingerprint density at radius 3 is 1.81 bits per heavy atom. The Morgan fingerprint density at radius 2 is 1.03 bits per heavy atom. The minimum absolute atomic E-state index is 0.633. The van der Waals surface area contributed by atoms with Gasteiger partial charge in [0.05, 0.1) is 16.6 Å². The molecule has 2 aliphatic rings. The summed E-state index contributed by atoms with van der Waals surface area (Å²) in [6.45, 7) is 0. The number of hydrogen-bond acceptors (Lipinski definition) is 3. The molecular weight excluding hydrogens is 755 g/mol. The highest BCUT2D eigenvalue weighted by Crippen LogP contribution is 2.46. The van der Waals surface area contributed by atoms with Gasteiger partial charge in [-0.2, -0.15) is 9.97 Å². The first-order valence-corrected chi connectivity index (χ1v) is 21.6. The number of para-hydroxylation sites is 1. The normalized spacial score (nSPS) is 13.8. The highest BCUT2D eigenvalue weighted by molar-refractivity contribution is 6.34. The monoisotopic (exact) mass is 793 g/mol. The Morgan fingerprint density at radius 1 is 0.403 bits per heavy atom. The van der Waals surface area contributed by atoms with E-state index in [-0.39, 0.29) is 0 Å². The van der Waals surface area contributed by atoms with Crippen molar-refractivity contribution in [1.29, 1.82) is 0 Å². The van der Waals surface area contributed by atoms with Crippen molar-refractivity contribution in [1.82, 2.24) is 24.1 Å². The highest BCUT2D eigenvalue weighted by atomic mass is 15.2. The van der Waals surface area contributed by atoms with Gasteiger partial charge in [0.2, 0.25) is 5.95 Å². The van der Waals surface area contributed by atoms with Gasteiger partial charge in [0.1, 0.15) is 0 Å². The van der Waals surface area contributed by atoms with Gasteiger partial charge in [-0.1, -0.05) is 158 Å². The molecule has 62 heavy (non-hydrogen) atoms. The number of hydrogen-bond donors (Lipinski definition) is 0. The fourth-order valence-electron chi connectivity index (χ4n) is 10.3. The quantitative estimate of drug-likeness (QED) is 0.163. The van der Waals surface area contributed by atoms with Crippen LogP contribution in [0.5, 0.6) is 0 Å². The average molecular weight is 794 g/mol. The molecule has 5 nitrogen and oxygen atoms in total. The van der Waals surface area contributed by atoms with Gasteiger partial charge in [0.25, 0.3) is 0 Å². The summed E-state index contributed by atoms with van der Waals surface area (Å²) in [6.07, 6.45) is 15.3. The number of allylic oxidation sites excluding steroid dienone is 5. The molecular formula is C57H39N5. The maximum atomic E-state index is 5.33. The summed E-state index contributed by atoms with van der Waals surface area (Å²) in [4.78, 5) is 15.8. The lowest BCUT2D eigenvalue weighted by atomic mass is 9.90. The third-order valence-electron chi connectivity index (χ3n) is 13.1. The molecule has 3 aromatic heterocycles. The first-order valence-electron chi connectivity index (χ1n) is 21.6. The van der Waals surface area contributed by atoms with Gasteiger partial charge >= 0.3 is 0 Å². The van der Waals surface area contributed by atoms with Crippen molar-refractivity contribution in [3.8, 4) is 39.9 Å². The zero-order valence-corrected chi connectivity index (χ0v) is 34.0. The lowest BCUT2D eigenvalue weighted by molar-refractivity contribution is 0.838. The smallest absolute Gasteiger partial charge is 0.238 e. The highest BCUT2D eigenvalue weighted by Gasteiger charge is 2.26. The van der Waals surface area contributed by atoms with E-state index in [0.29, 0.717) is 17.6 Å². The summed E-state index contributed by atoms with van der Waals surface area (Å²) in [7, 11) is 0. The molecule has 0 N–H and O–H groups in total. The van der Waals surface area contributed by atoms with Crippen molar-refractivity contribution in [2.75, 3.05) is 0 Å². The molecule has 292 valence electrons. The second-order valence-electron chi connectivity index (χ2n) is 16.5. The van der Waals surface area contributed by atoms with Crippen molar-refractivity contribution in [3.05, 3.63) is 193 Å². The fourth-order valence-corrected chi connectivity index (χ4v) is 10.3. The van der Waals surface area contributed by atoms with Crippen LogP contribution >= 0.6 is 0 Å². The third-order valence-corrected chi connectivity index (χ3v) is 13.1. The van der Waals surface area contributed by atoms with Crippen LogP contribution in [0.1, 0.15) is 30.5 Å². The molecule has 5 heteroatoms. The Kier molecular flexibility index (Phi) is 7.79.